The van der Waals surface area contributed by atoms with Crippen molar-refractivity contribution in [3.05, 3.63) is 21.6 Å². The molecule has 1 aliphatic carbocycles. The van der Waals surface area contributed by atoms with Crippen LogP contribution in [0.25, 0.3) is 0 Å². The molecule has 0 N–H and O–H groups in total. The van der Waals surface area contributed by atoms with Crippen molar-refractivity contribution in [3.63, 3.8) is 0 Å². The van der Waals surface area contributed by atoms with E-state index in [9.17, 15) is 14.9 Å². The summed E-state index contributed by atoms with van der Waals surface area (Å²) >= 11 is 5.79. The van der Waals surface area contributed by atoms with Crippen molar-refractivity contribution in [2.24, 2.45) is 5.92 Å². The lowest BCUT2D eigenvalue weighted by atomic mass is 10.1. The van der Waals surface area contributed by atoms with Crippen molar-refractivity contribution in [2.45, 2.75) is 32.2 Å². The Labute approximate surface area is 132 Å². The highest BCUT2D eigenvalue weighted by atomic mass is 35.5. The van der Waals surface area contributed by atoms with Gasteiger partial charge in [0.2, 0.25) is 11.1 Å². The minimum atomic E-state index is -0.643. The number of ether oxygens (including phenoxy) is 1. The molecule has 0 amide bonds. The molecule has 8 nitrogen and oxygen atoms in total. The summed E-state index contributed by atoms with van der Waals surface area (Å²) in [6.45, 7) is 2.32. The average Bonchev–Trinajstić information content (AvgIpc) is 3.30. The number of rotatable bonds is 7. The summed E-state index contributed by atoms with van der Waals surface area (Å²) in [4.78, 5) is 31.9. The van der Waals surface area contributed by atoms with E-state index in [1.807, 2.05) is 6.92 Å². The van der Waals surface area contributed by atoms with Crippen molar-refractivity contribution in [2.75, 3.05) is 18.6 Å². The highest BCUT2D eigenvalue weighted by Gasteiger charge is 2.36. The quantitative estimate of drug-likeness (QED) is 0.327. The van der Waals surface area contributed by atoms with E-state index in [0.29, 0.717) is 18.9 Å². The van der Waals surface area contributed by atoms with Crippen LogP contribution >= 0.6 is 11.6 Å². The van der Waals surface area contributed by atoms with E-state index in [4.69, 9.17) is 16.3 Å². The van der Waals surface area contributed by atoms with Crippen molar-refractivity contribution >= 4 is 29.1 Å². The number of esters is 1. The molecule has 1 atom stereocenters. The van der Waals surface area contributed by atoms with Crippen LogP contribution in [-0.2, 0) is 9.53 Å². The van der Waals surface area contributed by atoms with Gasteiger partial charge in [-0.1, -0.05) is 6.92 Å². The molecule has 120 valence electrons. The molecule has 2 rings (SSSR count). The molecule has 0 radical (unpaired) electrons. The first kappa shape index (κ1) is 16.4. The summed E-state index contributed by atoms with van der Waals surface area (Å²) in [5.74, 6) is 0.00776. The van der Waals surface area contributed by atoms with Crippen LogP contribution in [0.15, 0.2) is 6.20 Å². The van der Waals surface area contributed by atoms with E-state index in [0.717, 1.165) is 19.0 Å². The number of nitro groups is 1. The molecule has 1 unspecified atom stereocenters. The van der Waals surface area contributed by atoms with Gasteiger partial charge in [-0.3, -0.25) is 10.1 Å². The molecule has 1 aromatic heterocycles. The minimum absolute atomic E-state index is 0.0640. The molecule has 22 heavy (non-hydrogen) atoms. The Bertz CT molecular complexity index is 579. The smallest absolute Gasteiger partial charge is 0.329 e. The largest absolute Gasteiger partial charge is 0.467 e. The van der Waals surface area contributed by atoms with Gasteiger partial charge in [0, 0.05) is 6.54 Å². The van der Waals surface area contributed by atoms with Gasteiger partial charge in [0.1, 0.15) is 12.2 Å². The monoisotopic (exact) mass is 328 g/mol. The Morgan fingerprint density at radius 2 is 2.32 bits per heavy atom. The number of carbonyl (C=O) groups is 1. The number of carbonyl (C=O) groups excluding carboxylic acids is 1. The summed E-state index contributed by atoms with van der Waals surface area (Å²) in [7, 11) is 1.29. The molecule has 1 aliphatic rings. The maximum absolute atomic E-state index is 12.0. The average molecular weight is 329 g/mol. The first-order chi connectivity index (χ1) is 10.5. The van der Waals surface area contributed by atoms with Gasteiger partial charge in [-0.05, 0) is 36.8 Å². The molecule has 1 saturated carbocycles. The normalized spacial score (nSPS) is 15.2. The second-order valence-electron chi connectivity index (χ2n) is 5.15. The summed E-state index contributed by atoms with van der Waals surface area (Å²) < 4.78 is 4.81. The number of aromatic nitrogens is 2. The number of methoxy groups -OCH3 is 1. The van der Waals surface area contributed by atoms with Gasteiger partial charge in [0.15, 0.2) is 0 Å². The maximum atomic E-state index is 12.0. The number of hydrogen-bond donors (Lipinski definition) is 0. The number of halogens is 1. The molecule has 1 heterocycles. The highest BCUT2D eigenvalue weighted by Crippen LogP contribution is 2.35. The molecular weight excluding hydrogens is 312 g/mol. The van der Waals surface area contributed by atoms with E-state index in [2.05, 4.69) is 9.97 Å². The summed E-state index contributed by atoms with van der Waals surface area (Å²) in [6.07, 6.45) is 3.56. The predicted octanol–water partition coefficient (Wildman–Crippen LogP) is 2.21. The van der Waals surface area contributed by atoms with E-state index in [1.165, 1.54) is 7.11 Å². The fraction of sp³-hybridized carbons (Fsp3) is 0.615. The molecule has 1 aromatic rings. The van der Waals surface area contributed by atoms with Crippen LogP contribution in [0.3, 0.4) is 0 Å². The minimum Gasteiger partial charge on any atom is -0.467 e. The molecule has 1 fully saturated rings. The third-order valence-electron chi connectivity index (χ3n) is 3.58. The molecular formula is C13H17ClN4O4. The van der Waals surface area contributed by atoms with Crippen molar-refractivity contribution in [1.29, 1.82) is 0 Å². The summed E-state index contributed by atoms with van der Waals surface area (Å²) in [6, 6.07) is -0.643. The van der Waals surface area contributed by atoms with Crippen LogP contribution in [0.1, 0.15) is 26.2 Å². The van der Waals surface area contributed by atoms with Crippen molar-refractivity contribution in [3.8, 4) is 0 Å². The van der Waals surface area contributed by atoms with Gasteiger partial charge in [0.25, 0.3) is 0 Å². The zero-order valence-electron chi connectivity index (χ0n) is 12.4. The zero-order valence-corrected chi connectivity index (χ0v) is 13.1. The highest BCUT2D eigenvalue weighted by molar-refractivity contribution is 6.28. The fourth-order valence-corrected chi connectivity index (χ4v) is 2.40. The number of nitrogens with zero attached hydrogens (tertiary/aromatic N) is 4. The third kappa shape index (κ3) is 3.62. The Kier molecular flexibility index (Phi) is 5.12. The number of anilines is 1. The van der Waals surface area contributed by atoms with E-state index < -0.39 is 16.9 Å². The van der Waals surface area contributed by atoms with Gasteiger partial charge in [0.05, 0.1) is 12.0 Å². The van der Waals surface area contributed by atoms with Gasteiger partial charge in [-0.15, -0.1) is 0 Å². The van der Waals surface area contributed by atoms with Gasteiger partial charge in [-0.25, -0.2) is 9.78 Å². The van der Waals surface area contributed by atoms with Crippen molar-refractivity contribution in [1.82, 2.24) is 9.97 Å². The van der Waals surface area contributed by atoms with Crippen LogP contribution in [0.4, 0.5) is 11.5 Å². The predicted molar refractivity (Wildman–Crippen MR) is 79.9 cm³/mol. The lowest BCUT2D eigenvalue weighted by Gasteiger charge is -2.29. The lowest BCUT2D eigenvalue weighted by molar-refractivity contribution is -0.384. The van der Waals surface area contributed by atoms with E-state index in [1.54, 1.807) is 4.90 Å². The zero-order chi connectivity index (χ0) is 16.3. The van der Waals surface area contributed by atoms with Crippen molar-refractivity contribution < 1.29 is 14.5 Å². The summed E-state index contributed by atoms with van der Waals surface area (Å²) in [5.41, 5.74) is -0.271. The van der Waals surface area contributed by atoms with E-state index >= 15 is 0 Å². The van der Waals surface area contributed by atoms with Crippen LogP contribution in [0.2, 0.25) is 5.28 Å². The Morgan fingerprint density at radius 3 is 2.82 bits per heavy atom. The van der Waals surface area contributed by atoms with Gasteiger partial charge < -0.3 is 9.64 Å². The fourth-order valence-electron chi connectivity index (χ4n) is 2.28. The summed E-state index contributed by atoms with van der Waals surface area (Å²) in [5, 5.41) is 11.1. The van der Waals surface area contributed by atoms with Crippen LogP contribution in [0.5, 0.6) is 0 Å². The van der Waals surface area contributed by atoms with Gasteiger partial charge >= 0.3 is 11.7 Å². The van der Waals surface area contributed by atoms with Crippen LogP contribution in [-0.4, -0.2) is 40.6 Å². The SMILES string of the molecule is CCC(C(=O)OC)N(CC1CC1)c1nc(Cl)ncc1[N+](=O)[O-]. The topological polar surface area (TPSA) is 98.5 Å². The van der Waals surface area contributed by atoms with E-state index in [-0.39, 0.29) is 16.8 Å². The van der Waals surface area contributed by atoms with Crippen LogP contribution < -0.4 is 4.90 Å². The second kappa shape index (κ2) is 6.87. The van der Waals surface area contributed by atoms with Gasteiger partial charge in [-0.2, -0.15) is 4.98 Å². The standard InChI is InChI=1S/C13H17ClN4O4/c1-3-9(12(19)22-2)17(7-8-4-5-8)11-10(18(20)21)6-15-13(14)16-11/h6,8-9H,3-5,7H2,1-2H3. The second-order valence-corrected chi connectivity index (χ2v) is 5.49. The Morgan fingerprint density at radius 1 is 1.64 bits per heavy atom. The molecule has 0 spiro atoms. The molecule has 0 aromatic carbocycles. The Hall–Kier alpha value is -1.96. The first-order valence-electron chi connectivity index (χ1n) is 6.99. The third-order valence-corrected chi connectivity index (χ3v) is 3.76. The molecule has 0 bridgehead atoms. The van der Waals surface area contributed by atoms with Crippen LogP contribution in [0, 0.1) is 16.0 Å². The molecule has 0 saturated heterocycles. The lowest BCUT2D eigenvalue weighted by Crippen LogP contribution is -2.43. The number of hydrogen-bond acceptors (Lipinski definition) is 7. The maximum Gasteiger partial charge on any atom is 0.329 e. The first-order valence-corrected chi connectivity index (χ1v) is 7.37. The molecule has 9 heteroatoms. The molecule has 0 aliphatic heterocycles. The Balaban J connectivity index is 2.45.